The molecule has 3 N–H and O–H groups in total. The van der Waals surface area contributed by atoms with E-state index in [9.17, 15) is 4.79 Å². The first kappa shape index (κ1) is 23.8. The van der Waals surface area contributed by atoms with Crippen molar-refractivity contribution in [2.45, 2.75) is 58.9 Å². The summed E-state index contributed by atoms with van der Waals surface area (Å²) < 4.78 is 15.1. The number of nitrogens with zero attached hydrogens (tertiary/aromatic N) is 6. The van der Waals surface area contributed by atoms with Crippen LogP contribution in [-0.4, -0.2) is 59.2 Å². The predicted octanol–water partition coefficient (Wildman–Crippen LogP) is 3.68. The largest absolute Gasteiger partial charge is 0.444 e. The minimum absolute atomic E-state index is 0.0159. The zero-order valence-electron chi connectivity index (χ0n) is 20.8. The van der Waals surface area contributed by atoms with Gasteiger partial charge in [-0.3, -0.25) is 14.2 Å². The van der Waals surface area contributed by atoms with Gasteiger partial charge in [-0.25, -0.2) is 14.8 Å². The van der Waals surface area contributed by atoms with E-state index >= 15 is 0 Å². The van der Waals surface area contributed by atoms with E-state index in [1.807, 2.05) is 53.7 Å². The average molecular weight is 494 g/mol. The van der Waals surface area contributed by atoms with Crippen LogP contribution in [0.1, 0.15) is 45.9 Å². The van der Waals surface area contributed by atoms with Crippen molar-refractivity contribution in [3.8, 4) is 11.3 Å². The van der Waals surface area contributed by atoms with Gasteiger partial charge in [0.15, 0.2) is 5.82 Å². The van der Waals surface area contributed by atoms with Crippen molar-refractivity contribution in [1.82, 2.24) is 39.7 Å². The summed E-state index contributed by atoms with van der Waals surface area (Å²) in [5, 5.41) is 17.9. The molecule has 190 valence electrons. The molecule has 0 saturated carbocycles. The molecule has 4 aromatic rings. The minimum atomic E-state index is -0.434. The first-order valence-corrected chi connectivity index (χ1v) is 12.1. The Morgan fingerprint density at radius 2 is 2.17 bits per heavy atom. The van der Waals surface area contributed by atoms with Crippen molar-refractivity contribution in [2.75, 3.05) is 11.9 Å². The Kier molecular flexibility index (Phi) is 6.59. The van der Waals surface area contributed by atoms with E-state index in [1.54, 1.807) is 6.20 Å². The first-order chi connectivity index (χ1) is 17.3. The summed E-state index contributed by atoms with van der Waals surface area (Å²) in [4.78, 5) is 21.1. The topological polar surface area (TPSA) is 136 Å². The molecule has 1 aliphatic rings. The molecule has 0 radical (unpaired) electrons. The van der Waals surface area contributed by atoms with Gasteiger partial charge in [-0.2, -0.15) is 10.2 Å². The molecular formula is C24H31N9O3. The normalized spacial score (nSPS) is 17.8. The van der Waals surface area contributed by atoms with Gasteiger partial charge in [-0.15, -0.1) is 0 Å². The maximum Gasteiger partial charge on any atom is 0.407 e. The lowest BCUT2D eigenvalue weighted by Gasteiger charge is -2.13. The Morgan fingerprint density at radius 1 is 1.31 bits per heavy atom. The number of anilines is 2. The van der Waals surface area contributed by atoms with Gasteiger partial charge < -0.3 is 20.1 Å². The van der Waals surface area contributed by atoms with Gasteiger partial charge in [-0.05, 0) is 19.8 Å². The van der Waals surface area contributed by atoms with Crippen LogP contribution in [0.15, 0.2) is 36.9 Å². The quantitative estimate of drug-likeness (QED) is 0.338. The third kappa shape index (κ3) is 5.33. The Hall–Kier alpha value is -3.93. The number of hydrogen-bond donors (Lipinski definition) is 3. The first-order valence-electron chi connectivity index (χ1n) is 12.1. The summed E-state index contributed by atoms with van der Waals surface area (Å²) in [6, 6.07) is 3.82. The number of H-pyrrole nitrogens is 1. The Balaban J connectivity index is 1.30. The highest BCUT2D eigenvalue weighted by Gasteiger charge is 2.31. The van der Waals surface area contributed by atoms with Crippen LogP contribution in [-0.2, 0) is 16.0 Å². The van der Waals surface area contributed by atoms with Crippen LogP contribution in [0.4, 0.5) is 16.6 Å². The van der Waals surface area contributed by atoms with Crippen molar-refractivity contribution in [2.24, 2.45) is 5.92 Å². The molecule has 2 atom stereocenters. The summed E-state index contributed by atoms with van der Waals surface area (Å²) in [7, 11) is 0. The van der Waals surface area contributed by atoms with Gasteiger partial charge in [-0.1, -0.05) is 13.8 Å². The van der Waals surface area contributed by atoms with Gasteiger partial charge in [0.1, 0.15) is 17.9 Å². The molecule has 5 rings (SSSR count). The molecule has 0 spiro atoms. The molecule has 4 aromatic heterocycles. The zero-order valence-corrected chi connectivity index (χ0v) is 20.8. The van der Waals surface area contributed by atoms with E-state index in [0.717, 1.165) is 29.1 Å². The second kappa shape index (κ2) is 9.97. The number of nitrogens with one attached hydrogen (secondary N) is 3. The third-order valence-electron chi connectivity index (χ3n) is 5.70. The SMILES string of the molecule is CC(C)Cn1cc(-c2cc3nccn3c(Nc3cc(C4CC(OC(=O)NC(C)C)CO4)[nH]n3)n2)cn1. The summed E-state index contributed by atoms with van der Waals surface area (Å²) in [6.45, 7) is 9.26. The Morgan fingerprint density at radius 3 is 2.97 bits per heavy atom. The van der Waals surface area contributed by atoms with Crippen molar-refractivity contribution >= 4 is 23.5 Å². The highest BCUT2D eigenvalue weighted by molar-refractivity contribution is 5.68. The molecule has 2 unspecified atom stereocenters. The van der Waals surface area contributed by atoms with Crippen molar-refractivity contribution in [1.29, 1.82) is 0 Å². The highest BCUT2D eigenvalue weighted by Crippen LogP contribution is 2.31. The maximum absolute atomic E-state index is 11.9. The number of carbonyl (C=O) groups is 1. The summed E-state index contributed by atoms with van der Waals surface area (Å²) >= 11 is 0. The third-order valence-corrected chi connectivity index (χ3v) is 5.70. The second-order valence-corrected chi connectivity index (χ2v) is 9.68. The molecule has 5 heterocycles. The van der Waals surface area contributed by atoms with Crippen LogP contribution < -0.4 is 10.6 Å². The molecule has 0 bridgehead atoms. The molecule has 12 nitrogen and oxygen atoms in total. The van der Waals surface area contributed by atoms with Gasteiger partial charge in [0.25, 0.3) is 0 Å². The van der Waals surface area contributed by atoms with Crippen LogP contribution in [0.3, 0.4) is 0 Å². The van der Waals surface area contributed by atoms with E-state index < -0.39 is 6.09 Å². The van der Waals surface area contributed by atoms with Crippen molar-refractivity contribution in [3.63, 3.8) is 0 Å². The second-order valence-electron chi connectivity index (χ2n) is 9.68. The monoisotopic (exact) mass is 493 g/mol. The molecule has 0 aliphatic carbocycles. The lowest BCUT2D eigenvalue weighted by molar-refractivity contribution is 0.0682. The molecule has 1 saturated heterocycles. The Bertz CT molecular complexity index is 1340. The number of rotatable bonds is 8. The van der Waals surface area contributed by atoms with Crippen LogP contribution in [0.5, 0.6) is 0 Å². The number of alkyl carbamates (subject to hydrolysis) is 1. The molecular weight excluding hydrogens is 462 g/mol. The molecule has 1 fully saturated rings. The van der Waals surface area contributed by atoms with E-state index in [0.29, 0.717) is 30.7 Å². The molecule has 12 heteroatoms. The lowest BCUT2D eigenvalue weighted by atomic mass is 10.1. The van der Waals surface area contributed by atoms with Crippen LogP contribution in [0.25, 0.3) is 16.9 Å². The number of imidazole rings is 1. The van der Waals surface area contributed by atoms with Crippen molar-refractivity contribution < 1.29 is 14.3 Å². The number of aromatic amines is 1. The number of amides is 1. The fraction of sp³-hybridized carbons (Fsp3) is 0.458. The van der Waals surface area contributed by atoms with E-state index in [1.165, 1.54) is 0 Å². The van der Waals surface area contributed by atoms with Gasteiger partial charge in [0.2, 0.25) is 5.95 Å². The maximum atomic E-state index is 11.9. The van der Waals surface area contributed by atoms with Gasteiger partial charge in [0, 0.05) is 55.3 Å². The number of aromatic nitrogens is 7. The van der Waals surface area contributed by atoms with Gasteiger partial charge >= 0.3 is 6.09 Å². The van der Waals surface area contributed by atoms with Crippen molar-refractivity contribution in [3.05, 3.63) is 42.6 Å². The fourth-order valence-corrected chi connectivity index (χ4v) is 4.13. The Labute approximate surface area is 208 Å². The minimum Gasteiger partial charge on any atom is -0.444 e. The summed E-state index contributed by atoms with van der Waals surface area (Å²) in [5.74, 6) is 1.66. The standard InChI is InChI=1S/C24H31N9O3/c1-14(2)11-32-12-16(10-26-32)18-9-22-25-5-6-33(22)23(28-18)29-21-8-19(30-31-21)20-7-17(13-35-20)36-24(34)27-15(3)4/h5-6,8-10,12,14-15,17,20H,7,11,13H2,1-4H3,(H,27,34)(H2,28,29,30,31). The fourth-order valence-electron chi connectivity index (χ4n) is 4.13. The average Bonchev–Trinajstić information content (AvgIpc) is 3.60. The molecule has 1 aliphatic heterocycles. The molecule has 36 heavy (non-hydrogen) atoms. The number of carbonyl (C=O) groups excluding carboxylic acids is 1. The number of ether oxygens (including phenoxy) is 2. The number of hydrogen-bond acceptors (Lipinski definition) is 8. The van der Waals surface area contributed by atoms with E-state index in [2.05, 4.69) is 44.8 Å². The lowest BCUT2D eigenvalue weighted by Crippen LogP contribution is -2.33. The van der Waals surface area contributed by atoms with E-state index in [4.69, 9.17) is 14.5 Å². The zero-order chi connectivity index (χ0) is 25.2. The molecule has 0 aromatic carbocycles. The molecule has 1 amide bonds. The predicted molar refractivity (Wildman–Crippen MR) is 133 cm³/mol. The smallest absolute Gasteiger partial charge is 0.407 e. The number of fused-ring (bicyclic) bond motifs is 1. The van der Waals surface area contributed by atoms with Gasteiger partial charge in [0.05, 0.1) is 24.2 Å². The van der Waals surface area contributed by atoms with Crippen LogP contribution in [0, 0.1) is 5.92 Å². The van der Waals surface area contributed by atoms with E-state index in [-0.39, 0.29) is 18.2 Å². The summed E-state index contributed by atoms with van der Waals surface area (Å²) in [6.07, 6.45) is 6.94. The highest BCUT2D eigenvalue weighted by atomic mass is 16.6. The summed E-state index contributed by atoms with van der Waals surface area (Å²) in [5.41, 5.74) is 3.23. The van der Waals surface area contributed by atoms with Crippen LogP contribution >= 0.6 is 0 Å². The van der Waals surface area contributed by atoms with Crippen LogP contribution in [0.2, 0.25) is 0 Å².